The molecule has 3 rings (SSSR count). The number of anilines is 1. The smallest absolute Gasteiger partial charge is 0.298 e. The Balaban J connectivity index is 1.76. The standard InChI is InChI=1S/C15H20N4O2/c1-18(9-10-19-7-2-3-8-19)15-17-13-11(14(16)20)5-4-6-12(13)21-15/h4-6H,2-3,7-10H2,1H3,(H2,16,20). The molecule has 112 valence electrons. The Morgan fingerprint density at radius 3 is 2.90 bits per heavy atom. The summed E-state index contributed by atoms with van der Waals surface area (Å²) in [7, 11) is 1.95. The van der Waals surface area contributed by atoms with Crippen molar-refractivity contribution in [1.29, 1.82) is 0 Å². The van der Waals surface area contributed by atoms with E-state index < -0.39 is 5.91 Å². The third kappa shape index (κ3) is 2.85. The van der Waals surface area contributed by atoms with E-state index in [0.29, 0.717) is 22.7 Å². The monoisotopic (exact) mass is 288 g/mol. The van der Waals surface area contributed by atoms with Crippen molar-refractivity contribution in [3.05, 3.63) is 23.8 Å². The maximum Gasteiger partial charge on any atom is 0.298 e. The molecule has 2 heterocycles. The number of hydrogen-bond acceptors (Lipinski definition) is 5. The Morgan fingerprint density at radius 2 is 2.19 bits per heavy atom. The van der Waals surface area contributed by atoms with Crippen LogP contribution in [0, 0.1) is 0 Å². The van der Waals surface area contributed by atoms with Crippen LogP contribution in [-0.2, 0) is 0 Å². The lowest BCUT2D eigenvalue weighted by atomic mass is 10.2. The minimum atomic E-state index is -0.486. The fraction of sp³-hybridized carbons (Fsp3) is 0.467. The minimum absolute atomic E-state index is 0.399. The number of likely N-dealkylation sites (N-methyl/N-ethyl adjacent to an activating group) is 1. The molecule has 1 aliphatic rings. The Labute approximate surface area is 123 Å². The van der Waals surface area contributed by atoms with E-state index >= 15 is 0 Å². The molecule has 2 aromatic rings. The number of likely N-dealkylation sites (tertiary alicyclic amines) is 1. The van der Waals surface area contributed by atoms with Gasteiger partial charge in [-0.15, -0.1) is 0 Å². The summed E-state index contributed by atoms with van der Waals surface area (Å²) in [4.78, 5) is 20.2. The maximum absolute atomic E-state index is 11.4. The summed E-state index contributed by atoms with van der Waals surface area (Å²) < 4.78 is 5.72. The minimum Gasteiger partial charge on any atom is -0.423 e. The quantitative estimate of drug-likeness (QED) is 0.901. The van der Waals surface area contributed by atoms with Crippen LogP contribution in [-0.4, -0.2) is 49.0 Å². The summed E-state index contributed by atoms with van der Waals surface area (Å²) in [5.41, 5.74) is 6.89. The van der Waals surface area contributed by atoms with Crippen molar-refractivity contribution in [2.75, 3.05) is 38.1 Å². The number of nitrogens with two attached hydrogens (primary N) is 1. The van der Waals surface area contributed by atoms with Crippen LogP contribution in [0.15, 0.2) is 22.6 Å². The Kier molecular flexibility index (Phi) is 3.79. The number of benzene rings is 1. The molecule has 1 amide bonds. The number of carbonyl (C=O) groups is 1. The molecule has 0 unspecified atom stereocenters. The van der Waals surface area contributed by atoms with Crippen LogP contribution in [0.1, 0.15) is 23.2 Å². The highest BCUT2D eigenvalue weighted by Crippen LogP contribution is 2.24. The van der Waals surface area contributed by atoms with E-state index in [-0.39, 0.29) is 0 Å². The maximum atomic E-state index is 11.4. The Hall–Kier alpha value is -2.08. The average molecular weight is 288 g/mol. The molecule has 1 fully saturated rings. The zero-order valence-corrected chi connectivity index (χ0v) is 12.2. The lowest BCUT2D eigenvalue weighted by Crippen LogP contribution is -2.31. The van der Waals surface area contributed by atoms with E-state index in [4.69, 9.17) is 10.2 Å². The third-order valence-corrected chi connectivity index (χ3v) is 3.95. The summed E-state index contributed by atoms with van der Waals surface area (Å²) in [6, 6.07) is 5.74. The highest BCUT2D eigenvalue weighted by molar-refractivity contribution is 6.03. The first kappa shape index (κ1) is 13.9. The molecule has 21 heavy (non-hydrogen) atoms. The third-order valence-electron chi connectivity index (χ3n) is 3.95. The van der Waals surface area contributed by atoms with Crippen molar-refractivity contribution < 1.29 is 9.21 Å². The second-order valence-corrected chi connectivity index (χ2v) is 5.48. The number of amides is 1. The van der Waals surface area contributed by atoms with Crippen LogP contribution < -0.4 is 10.6 Å². The normalized spacial score (nSPS) is 15.7. The number of primary amides is 1. The summed E-state index contributed by atoms with van der Waals surface area (Å²) in [6.07, 6.45) is 2.57. The molecule has 1 saturated heterocycles. The van der Waals surface area contributed by atoms with Gasteiger partial charge >= 0.3 is 0 Å². The van der Waals surface area contributed by atoms with Gasteiger partial charge in [0, 0.05) is 20.1 Å². The summed E-state index contributed by atoms with van der Waals surface area (Å²) in [5.74, 6) is -0.486. The van der Waals surface area contributed by atoms with Crippen molar-refractivity contribution in [1.82, 2.24) is 9.88 Å². The number of fused-ring (bicyclic) bond motifs is 1. The van der Waals surface area contributed by atoms with Gasteiger partial charge in [0.1, 0.15) is 5.52 Å². The SMILES string of the molecule is CN(CCN1CCCC1)c1nc2c(C(N)=O)cccc2o1. The van der Waals surface area contributed by atoms with Crippen LogP contribution in [0.2, 0.25) is 0 Å². The van der Waals surface area contributed by atoms with Crippen molar-refractivity contribution in [3.8, 4) is 0 Å². The van der Waals surface area contributed by atoms with E-state index in [1.807, 2.05) is 11.9 Å². The first-order valence-corrected chi connectivity index (χ1v) is 7.28. The number of rotatable bonds is 5. The predicted molar refractivity (Wildman–Crippen MR) is 81.5 cm³/mol. The number of oxazole rings is 1. The molecular formula is C15H20N4O2. The molecule has 1 aromatic heterocycles. The molecule has 0 saturated carbocycles. The van der Waals surface area contributed by atoms with Gasteiger partial charge in [0.2, 0.25) is 0 Å². The van der Waals surface area contributed by atoms with Gasteiger partial charge in [-0.2, -0.15) is 4.98 Å². The van der Waals surface area contributed by atoms with Gasteiger partial charge in [0.25, 0.3) is 11.9 Å². The molecular weight excluding hydrogens is 268 g/mol. The fourth-order valence-electron chi connectivity index (χ4n) is 2.69. The molecule has 0 aliphatic carbocycles. The Bertz CT molecular complexity index is 646. The summed E-state index contributed by atoms with van der Waals surface area (Å²) >= 11 is 0. The van der Waals surface area contributed by atoms with Crippen LogP contribution in [0.25, 0.3) is 11.1 Å². The van der Waals surface area contributed by atoms with E-state index in [0.717, 1.165) is 13.1 Å². The van der Waals surface area contributed by atoms with Crippen molar-refractivity contribution in [2.45, 2.75) is 12.8 Å². The lowest BCUT2D eigenvalue weighted by Gasteiger charge is -2.19. The number of aromatic nitrogens is 1. The molecule has 2 N–H and O–H groups in total. The average Bonchev–Trinajstić information content (AvgIpc) is 3.12. The van der Waals surface area contributed by atoms with Gasteiger partial charge in [0.15, 0.2) is 5.58 Å². The van der Waals surface area contributed by atoms with Gasteiger partial charge in [-0.05, 0) is 38.1 Å². The van der Waals surface area contributed by atoms with Crippen LogP contribution in [0.4, 0.5) is 6.01 Å². The van der Waals surface area contributed by atoms with Gasteiger partial charge in [-0.25, -0.2) is 0 Å². The molecule has 0 atom stereocenters. The Morgan fingerprint density at radius 1 is 1.43 bits per heavy atom. The highest BCUT2D eigenvalue weighted by Gasteiger charge is 2.17. The molecule has 0 radical (unpaired) electrons. The summed E-state index contributed by atoms with van der Waals surface area (Å²) in [5, 5.41) is 0. The van der Waals surface area contributed by atoms with E-state index in [1.165, 1.54) is 25.9 Å². The molecule has 6 nitrogen and oxygen atoms in total. The molecule has 1 aliphatic heterocycles. The highest BCUT2D eigenvalue weighted by atomic mass is 16.4. The van der Waals surface area contributed by atoms with E-state index in [1.54, 1.807) is 18.2 Å². The number of nitrogens with zero attached hydrogens (tertiary/aromatic N) is 3. The van der Waals surface area contributed by atoms with Gasteiger partial charge in [-0.3, -0.25) is 4.79 Å². The zero-order valence-electron chi connectivity index (χ0n) is 12.2. The first-order chi connectivity index (χ1) is 10.1. The van der Waals surface area contributed by atoms with E-state index in [2.05, 4.69) is 9.88 Å². The first-order valence-electron chi connectivity index (χ1n) is 7.28. The fourth-order valence-corrected chi connectivity index (χ4v) is 2.69. The van der Waals surface area contributed by atoms with Crippen LogP contribution >= 0.6 is 0 Å². The van der Waals surface area contributed by atoms with Crippen LogP contribution in [0.5, 0.6) is 0 Å². The molecule has 0 bridgehead atoms. The van der Waals surface area contributed by atoms with E-state index in [9.17, 15) is 4.79 Å². The number of hydrogen-bond donors (Lipinski definition) is 1. The van der Waals surface area contributed by atoms with Gasteiger partial charge < -0.3 is 20.0 Å². The van der Waals surface area contributed by atoms with Gasteiger partial charge in [0.05, 0.1) is 5.56 Å². The van der Waals surface area contributed by atoms with Crippen molar-refractivity contribution in [3.63, 3.8) is 0 Å². The van der Waals surface area contributed by atoms with Crippen LogP contribution in [0.3, 0.4) is 0 Å². The molecule has 1 aromatic carbocycles. The number of para-hydroxylation sites is 1. The number of carbonyl (C=O) groups excluding carboxylic acids is 1. The molecule has 0 spiro atoms. The predicted octanol–water partition coefficient (Wildman–Crippen LogP) is 1.46. The summed E-state index contributed by atoms with van der Waals surface area (Å²) in [6.45, 7) is 4.19. The second-order valence-electron chi connectivity index (χ2n) is 5.48. The van der Waals surface area contributed by atoms with Crippen molar-refractivity contribution >= 4 is 23.0 Å². The van der Waals surface area contributed by atoms with Gasteiger partial charge in [-0.1, -0.05) is 6.07 Å². The van der Waals surface area contributed by atoms with Crippen molar-refractivity contribution in [2.24, 2.45) is 5.73 Å². The largest absolute Gasteiger partial charge is 0.423 e. The lowest BCUT2D eigenvalue weighted by molar-refractivity contribution is 0.100. The zero-order chi connectivity index (χ0) is 14.8. The second kappa shape index (κ2) is 5.73. The topological polar surface area (TPSA) is 75.6 Å². The molecule has 6 heteroatoms.